The largest absolute Gasteiger partial charge is 0.433 e. The molecule has 114 valence electrons. The lowest BCUT2D eigenvalue weighted by Crippen LogP contribution is -2.37. The minimum Gasteiger partial charge on any atom is -0.433 e. The van der Waals surface area contributed by atoms with E-state index in [1.807, 2.05) is 0 Å². The monoisotopic (exact) mass is 328 g/mol. The van der Waals surface area contributed by atoms with E-state index in [0.717, 1.165) is 0 Å². The summed E-state index contributed by atoms with van der Waals surface area (Å²) in [5, 5.41) is 2.60. The van der Waals surface area contributed by atoms with Crippen molar-refractivity contribution >= 4 is 35.6 Å². The number of rotatable bonds is 5. The molecule has 0 aromatic heterocycles. The summed E-state index contributed by atoms with van der Waals surface area (Å²) in [6, 6.07) is 4.03. The van der Waals surface area contributed by atoms with Gasteiger partial charge in [0.25, 0.3) is 0 Å². The Kier molecular flexibility index (Phi) is 7.19. The van der Waals surface area contributed by atoms with Gasteiger partial charge in [0.2, 0.25) is 5.91 Å². The van der Waals surface area contributed by atoms with Gasteiger partial charge in [-0.05, 0) is 32.0 Å². The Balaban J connectivity index is 0.00000361. The van der Waals surface area contributed by atoms with E-state index in [4.69, 9.17) is 17.3 Å². The summed E-state index contributed by atoms with van der Waals surface area (Å²) in [4.78, 5) is 11.9. The molecule has 1 aromatic carbocycles. The first-order chi connectivity index (χ1) is 8.76. The smallest absolute Gasteiger partial charge is 0.387 e. The number of alkyl halides is 2. The molecule has 1 aromatic rings. The Morgan fingerprint density at radius 3 is 2.55 bits per heavy atom. The zero-order valence-corrected chi connectivity index (χ0v) is 12.5. The minimum atomic E-state index is -2.95. The summed E-state index contributed by atoms with van der Waals surface area (Å²) < 4.78 is 28.3. The van der Waals surface area contributed by atoms with Crippen molar-refractivity contribution in [2.45, 2.75) is 20.5 Å². The number of hydrogen-bond acceptors (Lipinski definition) is 3. The fraction of sp³-hybridized carbons (Fsp3) is 0.417. The number of carbonyl (C=O) groups is 1. The number of halogens is 4. The van der Waals surface area contributed by atoms with Crippen LogP contribution in [0.1, 0.15) is 13.8 Å². The number of amides is 1. The minimum absolute atomic E-state index is 0. The first kappa shape index (κ1) is 18.9. The Hall–Kier alpha value is -1.11. The predicted molar refractivity (Wildman–Crippen MR) is 76.8 cm³/mol. The molecular weight excluding hydrogens is 313 g/mol. The lowest BCUT2D eigenvalue weighted by molar-refractivity contribution is -0.123. The average molecular weight is 329 g/mol. The second-order valence-corrected chi connectivity index (χ2v) is 4.97. The highest BCUT2D eigenvalue weighted by Gasteiger charge is 2.25. The summed E-state index contributed by atoms with van der Waals surface area (Å²) in [7, 11) is 0. The van der Waals surface area contributed by atoms with Crippen molar-refractivity contribution in [3.05, 3.63) is 23.2 Å². The number of ether oxygens (including phenoxy) is 1. The Labute approximate surface area is 127 Å². The molecule has 0 unspecified atom stereocenters. The highest BCUT2D eigenvalue weighted by Crippen LogP contribution is 2.29. The fourth-order valence-corrected chi connectivity index (χ4v) is 1.39. The van der Waals surface area contributed by atoms with Crippen molar-refractivity contribution in [1.82, 2.24) is 0 Å². The lowest BCUT2D eigenvalue weighted by Gasteiger charge is -2.21. The van der Waals surface area contributed by atoms with Crippen LogP contribution in [0.25, 0.3) is 0 Å². The van der Waals surface area contributed by atoms with Gasteiger partial charge in [-0.2, -0.15) is 8.78 Å². The van der Waals surface area contributed by atoms with Crippen LogP contribution in [-0.4, -0.2) is 19.1 Å². The Morgan fingerprint density at radius 1 is 1.50 bits per heavy atom. The molecule has 0 fully saturated rings. The van der Waals surface area contributed by atoms with Gasteiger partial charge in [-0.25, -0.2) is 0 Å². The van der Waals surface area contributed by atoms with Crippen LogP contribution in [0.5, 0.6) is 5.75 Å². The van der Waals surface area contributed by atoms with Gasteiger partial charge in [0.05, 0.1) is 10.4 Å². The summed E-state index contributed by atoms with van der Waals surface area (Å²) >= 11 is 5.77. The van der Waals surface area contributed by atoms with Crippen LogP contribution >= 0.6 is 24.0 Å². The molecule has 0 aliphatic rings. The van der Waals surface area contributed by atoms with Gasteiger partial charge in [-0.15, -0.1) is 12.4 Å². The summed E-state index contributed by atoms with van der Waals surface area (Å²) in [6.45, 7) is 0.615. The van der Waals surface area contributed by atoms with Crippen molar-refractivity contribution < 1.29 is 18.3 Å². The third-order valence-electron chi connectivity index (χ3n) is 2.53. The van der Waals surface area contributed by atoms with Crippen LogP contribution in [-0.2, 0) is 4.79 Å². The fourth-order valence-electron chi connectivity index (χ4n) is 1.16. The second kappa shape index (κ2) is 7.61. The van der Waals surface area contributed by atoms with E-state index in [-0.39, 0.29) is 35.6 Å². The molecule has 8 heteroatoms. The standard InChI is InChI=1S/C12H15ClF2N2O2.ClH/c1-12(2,6-16)10(18)17-7-3-4-9(8(13)5-7)19-11(14)15;/h3-5,11H,6,16H2,1-2H3,(H,17,18);1H. The molecule has 0 spiro atoms. The maximum Gasteiger partial charge on any atom is 0.387 e. The molecule has 0 aliphatic carbocycles. The number of benzene rings is 1. The van der Waals surface area contributed by atoms with Gasteiger partial charge in [-0.3, -0.25) is 4.79 Å². The van der Waals surface area contributed by atoms with Crippen molar-refractivity contribution in [1.29, 1.82) is 0 Å². The summed E-state index contributed by atoms with van der Waals surface area (Å²) in [5.74, 6) is -0.429. The molecule has 3 N–H and O–H groups in total. The molecule has 0 radical (unpaired) electrons. The van der Waals surface area contributed by atoms with Crippen LogP contribution in [0, 0.1) is 5.41 Å². The maximum absolute atomic E-state index is 12.0. The van der Waals surface area contributed by atoms with E-state index < -0.39 is 12.0 Å². The van der Waals surface area contributed by atoms with Crippen molar-refractivity contribution in [3.63, 3.8) is 0 Å². The molecule has 0 atom stereocenters. The molecule has 20 heavy (non-hydrogen) atoms. The summed E-state index contributed by atoms with van der Waals surface area (Å²) in [5.41, 5.74) is 5.14. The van der Waals surface area contributed by atoms with Crippen molar-refractivity contribution in [2.24, 2.45) is 11.1 Å². The number of carbonyl (C=O) groups excluding carboxylic acids is 1. The van der Waals surface area contributed by atoms with E-state index in [1.54, 1.807) is 13.8 Å². The van der Waals surface area contributed by atoms with Gasteiger partial charge in [0, 0.05) is 12.2 Å². The molecule has 0 aliphatic heterocycles. The lowest BCUT2D eigenvalue weighted by atomic mass is 9.92. The Morgan fingerprint density at radius 2 is 2.10 bits per heavy atom. The average Bonchev–Trinajstić information content (AvgIpc) is 2.32. The third-order valence-corrected chi connectivity index (χ3v) is 2.83. The van der Waals surface area contributed by atoms with Gasteiger partial charge >= 0.3 is 6.61 Å². The van der Waals surface area contributed by atoms with Gasteiger partial charge in [0.1, 0.15) is 5.75 Å². The quantitative estimate of drug-likeness (QED) is 0.871. The highest BCUT2D eigenvalue weighted by molar-refractivity contribution is 6.32. The van der Waals surface area contributed by atoms with E-state index in [2.05, 4.69) is 10.1 Å². The van der Waals surface area contributed by atoms with Crippen molar-refractivity contribution in [2.75, 3.05) is 11.9 Å². The zero-order chi connectivity index (χ0) is 14.6. The third kappa shape index (κ3) is 5.11. The first-order valence-corrected chi connectivity index (χ1v) is 5.90. The van der Waals surface area contributed by atoms with E-state index >= 15 is 0 Å². The molecule has 0 heterocycles. The number of nitrogens with one attached hydrogen (secondary N) is 1. The van der Waals surface area contributed by atoms with Crippen LogP contribution in [0.4, 0.5) is 14.5 Å². The molecule has 0 bridgehead atoms. The summed E-state index contributed by atoms with van der Waals surface area (Å²) in [6.07, 6.45) is 0. The molecule has 1 rings (SSSR count). The van der Waals surface area contributed by atoms with Crippen LogP contribution in [0.2, 0.25) is 5.02 Å². The number of anilines is 1. The predicted octanol–water partition coefficient (Wildman–Crippen LogP) is 3.29. The topological polar surface area (TPSA) is 64.4 Å². The molecular formula is C12H16Cl2F2N2O2. The first-order valence-electron chi connectivity index (χ1n) is 5.52. The molecule has 0 saturated heterocycles. The Bertz CT molecular complexity index is 471. The second-order valence-electron chi connectivity index (χ2n) is 4.57. The maximum atomic E-state index is 12.0. The van der Waals surface area contributed by atoms with Crippen LogP contribution in [0.3, 0.4) is 0 Å². The highest BCUT2D eigenvalue weighted by atomic mass is 35.5. The zero-order valence-electron chi connectivity index (χ0n) is 11.0. The van der Waals surface area contributed by atoms with E-state index in [0.29, 0.717) is 5.69 Å². The molecule has 0 saturated carbocycles. The van der Waals surface area contributed by atoms with Gasteiger partial charge < -0.3 is 15.8 Å². The normalized spacial score (nSPS) is 10.9. The number of hydrogen-bond donors (Lipinski definition) is 2. The van der Waals surface area contributed by atoms with E-state index in [1.165, 1.54) is 18.2 Å². The van der Waals surface area contributed by atoms with Crippen LogP contribution < -0.4 is 15.8 Å². The molecule has 4 nitrogen and oxygen atoms in total. The number of nitrogens with two attached hydrogens (primary N) is 1. The van der Waals surface area contributed by atoms with Crippen molar-refractivity contribution in [3.8, 4) is 5.75 Å². The molecule has 1 amide bonds. The van der Waals surface area contributed by atoms with Gasteiger partial charge in [0.15, 0.2) is 0 Å². The SMILES string of the molecule is CC(C)(CN)C(=O)Nc1ccc(OC(F)F)c(Cl)c1.Cl. The van der Waals surface area contributed by atoms with E-state index in [9.17, 15) is 13.6 Å². The van der Waals surface area contributed by atoms with Crippen LogP contribution in [0.15, 0.2) is 18.2 Å². The van der Waals surface area contributed by atoms with Gasteiger partial charge in [-0.1, -0.05) is 11.6 Å².